The average molecular weight is 354 g/mol. The van der Waals surface area contributed by atoms with Crippen molar-refractivity contribution in [2.75, 3.05) is 19.0 Å². The van der Waals surface area contributed by atoms with Crippen LogP contribution in [0.4, 0.5) is 5.69 Å². The number of nitrogens with one attached hydrogen (secondary N) is 1. The van der Waals surface area contributed by atoms with E-state index in [9.17, 15) is 14.4 Å². The van der Waals surface area contributed by atoms with Gasteiger partial charge >= 0.3 is 5.97 Å². The normalized spacial score (nSPS) is 10.1. The molecule has 0 aliphatic heterocycles. The first kappa shape index (κ1) is 19.2. The monoisotopic (exact) mass is 354 g/mol. The number of carbonyl (C=O) groups is 3. The van der Waals surface area contributed by atoms with Gasteiger partial charge in [-0.05, 0) is 42.3 Å². The number of hydrogen-bond donors (Lipinski definition) is 1. The number of nitrogens with zero attached hydrogens (tertiary/aromatic N) is 1. The minimum absolute atomic E-state index is 0.0532. The van der Waals surface area contributed by atoms with Crippen molar-refractivity contribution in [3.05, 3.63) is 65.2 Å². The summed E-state index contributed by atoms with van der Waals surface area (Å²) in [5.74, 6) is -0.923. The molecule has 0 aliphatic rings. The SMILES string of the molecule is COC(=O)c1ccc(NC(=O)CN(Cc2ccccc2C)C(C)=O)cc1. The highest BCUT2D eigenvalue weighted by molar-refractivity contribution is 5.95. The van der Waals surface area contributed by atoms with Gasteiger partial charge < -0.3 is 15.0 Å². The lowest BCUT2D eigenvalue weighted by Crippen LogP contribution is -2.36. The zero-order valence-corrected chi connectivity index (χ0v) is 15.1. The van der Waals surface area contributed by atoms with E-state index in [0.717, 1.165) is 11.1 Å². The Hall–Kier alpha value is -3.15. The van der Waals surface area contributed by atoms with Gasteiger partial charge in [0.05, 0.1) is 12.7 Å². The van der Waals surface area contributed by atoms with Crippen LogP contribution in [0.25, 0.3) is 0 Å². The van der Waals surface area contributed by atoms with Crippen molar-refractivity contribution < 1.29 is 19.1 Å². The standard InChI is InChI=1S/C20H22N2O4/c1-14-6-4-5-7-17(14)12-22(15(2)23)13-19(24)21-18-10-8-16(9-11-18)20(25)26-3/h4-11H,12-13H2,1-3H3,(H,21,24). The molecule has 2 aromatic carbocycles. The number of rotatable bonds is 6. The van der Waals surface area contributed by atoms with Gasteiger partial charge in [-0.3, -0.25) is 9.59 Å². The summed E-state index contributed by atoms with van der Waals surface area (Å²) in [6.45, 7) is 3.73. The van der Waals surface area contributed by atoms with Crippen LogP contribution < -0.4 is 5.32 Å². The maximum absolute atomic E-state index is 12.3. The van der Waals surface area contributed by atoms with E-state index in [1.54, 1.807) is 24.3 Å². The lowest BCUT2D eigenvalue weighted by atomic mass is 10.1. The first-order valence-corrected chi connectivity index (χ1v) is 8.19. The molecular weight excluding hydrogens is 332 g/mol. The van der Waals surface area contributed by atoms with Gasteiger partial charge in [-0.25, -0.2) is 4.79 Å². The Morgan fingerprint density at radius 2 is 1.69 bits per heavy atom. The molecule has 0 atom stereocenters. The third-order valence-corrected chi connectivity index (χ3v) is 3.99. The molecule has 0 aromatic heterocycles. The van der Waals surface area contributed by atoms with E-state index in [1.165, 1.54) is 18.9 Å². The zero-order chi connectivity index (χ0) is 19.1. The molecule has 2 aromatic rings. The van der Waals surface area contributed by atoms with Gasteiger partial charge in [-0.15, -0.1) is 0 Å². The Balaban J connectivity index is 2.00. The largest absolute Gasteiger partial charge is 0.465 e. The number of amides is 2. The number of aryl methyl sites for hydroxylation is 1. The Morgan fingerprint density at radius 3 is 2.27 bits per heavy atom. The van der Waals surface area contributed by atoms with Crippen molar-refractivity contribution in [3.8, 4) is 0 Å². The van der Waals surface area contributed by atoms with E-state index >= 15 is 0 Å². The van der Waals surface area contributed by atoms with E-state index in [2.05, 4.69) is 10.1 Å². The molecule has 0 bridgehead atoms. The number of esters is 1. The summed E-state index contributed by atoms with van der Waals surface area (Å²) >= 11 is 0. The molecule has 1 N–H and O–H groups in total. The second kappa shape index (κ2) is 8.80. The fourth-order valence-corrected chi connectivity index (χ4v) is 2.45. The minimum atomic E-state index is -0.441. The summed E-state index contributed by atoms with van der Waals surface area (Å²) < 4.78 is 4.63. The predicted molar refractivity (Wildman–Crippen MR) is 98.7 cm³/mol. The molecule has 6 heteroatoms. The Bertz CT molecular complexity index is 800. The van der Waals surface area contributed by atoms with E-state index in [4.69, 9.17) is 0 Å². The molecule has 0 fully saturated rings. The summed E-state index contributed by atoms with van der Waals surface area (Å²) in [5, 5.41) is 2.73. The third kappa shape index (κ3) is 5.17. The molecule has 0 spiro atoms. The summed E-state index contributed by atoms with van der Waals surface area (Å²) in [5.41, 5.74) is 3.01. The molecule has 26 heavy (non-hydrogen) atoms. The van der Waals surface area contributed by atoms with Crippen molar-refractivity contribution in [2.24, 2.45) is 0 Å². The number of benzene rings is 2. The first-order chi connectivity index (χ1) is 12.4. The third-order valence-electron chi connectivity index (χ3n) is 3.99. The van der Waals surface area contributed by atoms with Crippen LogP contribution >= 0.6 is 0 Å². The molecular formula is C20H22N2O4. The molecule has 2 amide bonds. The molecule has 136 valence electrons. The number of ether oxygens (including phenoxy) is 1. The Morgan fingerprint density at radius 1 is 1.04 bits per heavy atom. The molecule has 0 saturated heterocycles. The van der Waals surface area contributed by atoms with Crippen LogP contribution in [0.15, 0.2) is 48.5 Å². The van der Waals surface area contributed by atoms with Crippen molar-refractivity contribution in [1.82, 2.24) is 4.90 Å². The molecule has 0 unspecified atom stereocenters. The lowest BCUT2D eigenvalue weighted by Gasteiger charge is -2.21. The van der Waals surface area contributed by atoms with E-state index < -0.39 is 5.97 Å². The smallest absolute Gasteiger partial charge is 0.337 e. The maximum Gasteiger partial charge on any atom is 0.337 e. The van der Waals surface area contributed by atoms with Crippen LogP contribution in [0, 0.1) is 6.92 Å². The zero-order valence-electron chi connectivity index (χ0n) is 15.1. The second-order valence-corrected chi connectivity index (χ2v) is 5.92. The maximum atomic E-state index is 12.3. The summed E-state index contributed by atoms with van der Waals surface area (Å²) in [6, 6.07) is 14.1. The minimum Gasteiger partial charge on any atom is -0.465 e. The van der Waals surface area contributed by atoms with Gasteiger partial charge in [-0.2, -0.15) is 0 Å². The van der Waals surface area contributed by atoms with Gasteiger partial charge in [0, 0.05) is 19.2 Å². The molecule has 6 nitrogen and oxygen atoms in total. The summed E-state index contributed by atoms with van der Waals surface area (Å²) in [4.78, 5) is 37.1. The van der Waals surface area contributed by atoms with Gasteiger partial charge in [-0.1, -0.05) is 24.3 Å². The number of carbonyl (C=O) groups excluding carboxylic acids is 3. The van der Waals surface area contributed by atoms with Crippen molar-refractivity contribution in [3.63, 3.8) is 0 Å². The van der Waals surface area contributed by atoms with E-state index in [0.29, 0.717) is 17.8 Å². The Labute approximate surface area is 152 Å². The molecule has 0 aliphatic carbocycles. The van der Waals surface area contributed by atoms with Crippen LogP contribution in [0.2, 0.25) is 0 Å². The summed E-state index contributed by atoms with van der Waals surface area (Å²) in [6.07, 6.45) is 0. The van der Waals surface area contributed by atoms with Gasteiger partial charge in [0.2, 0.25) is 11.8 Å². The quantitative estimate of drug-likeness (QED) is 0.810. The van der Waals surface area contributed by atoms with Crippen molar-refractivity contribution in [1.29, 1.82) is 0 Å². The summed E-state index contributed by atoms with van der Waals surface area (Å²) in [7, 11) is 1.31. The molecule has 2 rings (SSSR count). The van der Waals surface area contributed by atoms with Gasteiger partial charge in [0.15, 0.2) is 0 Å². The highest BCUT2D eigenvalue weighted by Gasteiger charge is 2.15. The average Bonchev–Trinajstić information content (AvgIpc) is 2.62. The van der Waals surface area contributed by atoms with Gasteiger partial charge in [0.1, 0.15) is 6.54 Å². The second-order valence-electron chi connectivity index (χ2n) is 5.92. The van der Waals surface area contributed by atoms with Crippen LogP contribution in [0.5, 0.6) is 0 Å². The number of hydrogen-bond acceptors (Lipinski definition) is 4. The molecule has 0 saturated carbocycles. The van der Waals surface area contributed by atoms with E-state index in [-0.39, 0.29) is 18.4 Å². The first-order valence-electron chi connectivity index (χ1n) is 8.19. The van der Waals surface area contributed by atoms with Crippen molar-refractivity contribution >= 4 is 23.5 Å². The van der Waals surface area contributed by atoms with Crippen molar-refractivity contribution in [2.45, 2.75) is 20.4 Å². The highest BCUT2D eigenvalue weighted by Crippen LogP contribution is 2.13. The molecule has 0 heterocycles. The van der Waals surface area contributed by atoms with E-state index in [1.807, 2.05) is 31.2 Å². The highest BCUT2D eigenvalue weighted by atomic mass is 16.5. The van der Waals surface area contributed by atoms with Crippen LogP contribution in [0.3, 0.4) is 0 Å². The van der Waals surface area contributed by atoms with Crippen LogP contribution in [-0.2, 0) is 20.9 Å². The Kier molecular flexibility index (Phi) is 6.49. The van der Waals surface area contributed by atoms with Crippen LogP contribution in [0.1, 0.15) is 28.4 Å². The number of methoxy groups -OCH3 is 1. The fourth-order valence-electron chi connectivity index (χ4n) is 2.45. The topological polar surface area (TPSA) is 75.7 Å². The lowest BCUT2D eigenvalue weighted by molar-refractivity contribution is -0.133. The molecule has 0 radical (unpaired) electrons. The van der Waals surface area contributed by atoms with Gasteiger partial charge in [0.25, 0.3) is 0 Å². The number of anilines is 1. The van der Waals surface area contributed by atoms with Crippen LogP contribution in [-0.4, -0.2) is 36.3 Å². The fraction of sp³-hybridized carbons (Fsp3) is 0.250. The predicted octanol–water partition coefficient (Wildman–Crippen LogP) is 2.77.